The fraction of sp³-hybridized carbons (Fsp3) is 0.409. The van der Waals surface area contributed by atoms with Gasteiger partial charge in [0.2, 0.25) is 5.91 Å². The molecule has 3 nitrogen and oxygen atoms in total. The molecule has 2 aromatic rings. The summed E-state index contributed by atoms with van der Waals surface area (Å²) in [5, 5.41) is 0. The zero-order chi connectivity index (χ0) is 17.1. The number of hydrogen-bond donors (Lipinski definition) is 0. The maximum Gasteiger partial charge on any atom is 0.226 e. The lowest BCUT2D eigenvalue weighted by molar-refractivity contribution is -0.131. The van der Waals surface area contributed by atoms with Gasteiger partial charge in [0.25, 0.3) is 0 Å². The number of carbonyl (C=O) groups excluding carboxylic acids is 1. The molecule has 2 aromatic carbocycles. The summed E-state index contributed by atoms with van der Waals surface area (Å²) >= 11 is 0. The Hall–Kier alpha value is -2.13. The molecule has 4 rings (SSSR count). The summed E-state index contributed by atoms with van der Waals surface area (Å²) in [5.74, 6) is 1.45. The van der Waals surface area contributed by atoms with E-state index in [-0.39, 0.29) is 5.92 Å². The van der Waals surface area contributed by atoms with Crippen LogP contribution in [0, 0.1) is 11.8 Å². The second-order valence-electron chi connectivity index (χ2n) is 7.30. The molecule has 130 valence electrons. The van der Waals surface area contributed by atoms with Crippen LogP contribution in [-0.2, 0) is 16.1 Å². The van der Waals surface area contributed by atoms with Crippen molar-refractivity contribution in [2.75, 3.05) is 19.7 Å². The summed E-state index contributed by atoms with van der Waals surface area (Å²) in [6.45, 7) is 3.14. The van der Waals surface area contributed by atoms with Crippen LogP contribution in [-0.4, -0.2) is 30.5 Å². The van der Waals surface area contributed by atoms with E-state index in [0.717, 1.165) is 32.5 Å². The van der Waals surface area contributed by atoms with Crippen molar-refractivity contribution in [3.05, 3.63) is 71.8 Å². The van der Waals surface area contributed by atoms with Gasteiger partial charge in [-0.25, -0.2) is 0 Å². The highest BCUT2D eigenvalue weighted by Gasteiger charge is 2.46. The monoisotopic (exact) mass is 335 g/mol. The lowest BCUT2D eigenvalue weighted by Crippen LogP contribution is -2.31. The molecular weight excluding hydrogens is 310 g/mol. The van der Waals surface area contributed by atoms with E-state index in [1.807, 2.05) is 24.3 Å². The first-order valence-corrected chi connectivity index (χ1v) is 9.26. The predicted molar refractivity (Wildman–Crippen MR) is 98.1 cm³/mol. The number of likely N-dealkylation sites (tertiary alicyclic amines) is 1. The summed E-state index contributed by atoms with van der Waals surface area (Å²) < 4.78 is 5.86. The number of hydrogen-bond acceptors (Lipinski definition) is 2. The van der Waals surface area contributed by atoms with Gasteiger partial charge in [-0.15, -0.1) is 0 Å². The molecule has 0 aromatic heterocycles. The maximum atomic E-state index is 12.7. The number of benzene rings is 2. The third kappa shape index (κ3) is 3.93. The third-order valence-electron chi connectivity index (χ3n) is 5.40. The largest absolute Gasteiger partial charge is 0.376 e. The molecule has 25 heavy (non-hydrogen) atoms. The van der Waals surface area contributed by atoms with Crippen molar-refractivity contribution in [2.24, 2.45) is 11.8 Å². The van der Waals surface area contributed by atoms with Crippen LogP contribution in [0.2, 0.25) is 0 Å². The second-order valence-corrected chi connectivity index (χ2v) is 7.30. The first kappa shape index (κ1) is 16.3. The SMILES string of the molecule is O=C(C1CC1c1ccccc1)N1CCC(COCc2ccccc2)C1. The van der Waals surface area contributed by atoms with Gasteiger partial charge >= 0.3 is 0 Å². The van der Waals surface area contributed by atoms with E-state index < -0.39 is 0 Å². The fourth-order valence-electron chi connectivity index (χ4n) is 3.86. The van der Waals surface area contributed by atoms with Crippen LogP contribution in [0.4, 0.5) is 0 Å². The third-order valence-corrected chi connectivity index (χ3v) is 5.40. The molecule has 3 unspecified atom stereocenters. The van der Waals surface area contributed by atoms with E-state index in [1.54, 1.807) is 0 Å². The molecule has 0 bridgehead atoms. The van der Waals surface area contributed by atoms with Crippen LogP contribution < -0.4 is 0 Å². The van der Waals surface area contributed by atoms with Crippen LogP contribution in [0.1, 0.15) is 29.9 Å². The molecule has 3 atom stereocenters. The standard InChI is InChI=1S/C22H25NO2/c24-22(21-13-20(21)19-9-5-2-6-10-19)23-12-11-18(14-23)16-25-15-17-7-3-1-4-8-17/h1-10,18,20-21H,11-16H2. The van der Waals surface area contributed by atoms with Gasteiger partial charge in [0.1, 0.15) is 0 Å². The Morgan fingerprint density at radius 3 is 2.52 bits per heavy atom. The van der Waals surface area contributed by atoms with Crippen molar-refractivity contribution in [1.29, 1.82) is 0 Å². The Bertz CT molecular complexity index is 700. The molecule has 0 spiro atoms. The molecule has 1 amide bonds. The average molecular weight is 335 g/mol. The number of nitrogens with zero attached hydrogens (tertiary/aromatic N) is 1. The molecule has 3 heteroatoms. The molecule has 0 radical (unpaired) electrons. The zero-order valence-corrected chi connectivity index (χ0v) is 14.5. The molecule has 1 aliphatic carbocycles. The Kier molecular flexibility index (Phi) is 4.84. The van der Waals surface area contributed by atoms with Gasteiger partial charge < -0.3 is 9.64 Å². The molecule has 1 saturated heterocycles. The molecule has 2 fully saturated rings. The topological polar surface area (TPSA) is 29.5 Å². The van der Waals surface area contributed by atoms with Gasteiger partial charge in [0.05, 0.1) is 13.2 Å². The molecule has 2 aliphatic rings. The van der Waals surface area contributed by atoms with Crippen molar-refractivity contribution < 1.29 is 9.53 Å². The molecule has 1 heterocycles. The van der Waals surface area contributed by atoms with E-state index >= 15 is 0 Å². The van der Waals surface area contributed by atoms with E-state index in [1.165, 1.54) is 11.1 Å². The summed E-state index contributed by atoms with van der Waals surface area (Å²) in [4.78, 5) is 14.8. The summed E-state index contributed by atoms with van der Waals surface area (Å²) in [6, 6.07) is 20.7. The van der Waals surface area contributed by atoms with Crippen molar-refractivity contribution in [2.45, 2.75) is 25.4 Å². The Balaban J connectivity index is 1.22. The quantitative estimate of drug-likeness (QED) is 0.802. The summed E-state index contributed by atoms with van der Waals surface area (Å²) in [5.41, 5.74) is 2.51. The van der Waals surface area contributed by atoms with Crippen LogP contribution in [0.15, 0.2) is 60.7 Å². The zero-order valence-electron chi connectivity index (χ0n) is 14.5. The Morgan fingerprint density at radius 1 is 1.04 bits per heavy atom. The molecule has 1 aliphatic heterocycles. The second kappa shape index (κ2) is 7.40. The van der Waals surface area contributed by atoms with Crippen molar-refractivity contribution >= 4 is 5.91 Å². The number of carbonyl (C=O) groups is 1. The van der Waals surface area contributed by atoms with Crippen molar-refractivity contribution in [1.82, 2.24) is 4.90 Å². The number of rotatable bonds is 6. The average Bonchev–Trinajstić information content (AvgIpc) is 3.33. The number of amides is 1. The van der Waals surface area contributed by atoms with E-state index in [2.05, 4.69) is 41.3 Å². The minimum absolute atomic E-state index is 0.200. The smallest absolute Gasteiger partial charge is 0.226 e. The van der Waals surface area contributed by atoms with Crippen molar-refractivity contribution in [3.63, 3.8) is 0 Å². The first-order chi connectivity index (χ1) is 12.3. The summed E-state index contributed by atoms with van der Waals surface area (Å²) in [7, 11) is 0. The molecule has 0 N–H and O–H groups in total. The highest BCUT2D eigenvalue weighted by Crippen LogP contribution is 2.48. The lowest BCUT2D eigenvalue weighted by Gasteiger charge is -2.17. The van der Waals surface area contributed by atoms with Gasteiger partial charge in [-0.05, 0) is 29.9 Å². The van der Waals surface area contributed by atoms with Crippen LogP contribution in [0.5, 0.6) is 0 Å². The van der Waals surface area contributed by atoms with Crippen LogP contribution in [0.25, 0.3) is 0 Å². The maximum absolute atomic E-state index is 12.7. The van der Waals surface area contributed by atoms with Gasteiger partial charge in [-0.2, -0.15) is 0 Å². The highest BCUT2D eigenvalue weighted by atomic mass is 16.5. The van der Waals surface area contributed by atoms with Gasteiger partial charge in [-0.1, -0.05) is 60.7 Å². The lowest BCUT2D eigenvalue weighted by atomic mass is 10.1. The van der Waals surface area contributed by atoms with Crippen LogP contribution in [0.3, 0.4) is 0 Å². The first-order valence-electron chi connectivity index (χ1n) is 9.26. The van der Waals surface area contributed by atoms with Crippen molar-refractivity contribution in [3.8, 4) is 0 Å². The normalized spacial score (nSPS) is 25.1. The van der Waals surface area contributed by atoms with E-state index in [9.17, 15) is 4.79 Å². The Morgan fingerprint density at radius 2 is 1.76 bits per heavy atom. The highest BCUT2D eigenvalue weighted by molar-refractivity contribution is 5.83. The van der Waals surface area contributed by atoms with Gasteiger partial charge in [-0.3, -0.25) is 4.79 Å². The summed E-state index contributed by atoms with van der Waals surface area (Å²) in [6.07, 6.45) is 2.07. The van der Waals surface area contributed by atoms with E-state index in [0.29, 0.717) is 24.3 Å². The minimum atomic E-state index is 0.200. The number of ether oxygens (including phenoxy) is 1. The molecule has 1 saturated carbocycles. The minimum Gasteiger partial charge on any atom is -0.376 e. The van der Waals surface area contributed by atoms with Gasteiger partial charge in [0, 0.05) is 24.9 Å². The van der Waals surface area contributed by atoms with E-state index in [4.69, 9.17) is 4.74 Å². The predicted octanol–water partition coefficient (Wildman–Crippen LogP) is 3.86. The van der Waals surface area contributed by atoms with Gasteiger partial charge in [0.15, 0.2) is 0 Å². The van der Waals surface area contributed by atoms with Crippen LogP contribution >= 0.6 is 0 Å². The Labute approximate surface area is 149 Å². The fourth-order valence-corrected chi connectivity index (χ4v) is 3.86. The molecular formula is C22H25NO2.